The Kier molecular flexibility index (Phi) is 4.00. The van der Waals surface area contributed by atoms with E-state index in [1.54, 1.807) is 36.7 Å². The van der Waals surface area contributed by atoms with Gasteiger partial charge in [-0.1, -0.05) is 18.2 Å². The molecule has 0 unspecified atom stereocenters. The number of aromatic amines is 1. The van der Waals surface area contributed by atoms with Crippen molar-refractivity contribution >= 4 is 21.4 Å². The second kappa shape index (κ2) is 6.13. The number of aromatic nitrogens is 2. The van der Waals surface area contributed by atoms with Crippen LogP contribution in [0.5, 0.6) is 0 Å². The van der Waals surface area contributed by atoms with Crippen LogP contribution in [0.3, 0.4) is 0 Å². The third-order valence-electron chi connectivity index (χ3n) is 3.23. The summed E-state index contributed by atoms with van der Waals surface area (Å²) in [7, 11) is -3.94. The minimum absolute atomic E-state index is 0.180. The number of nitro groups is 1. The Bertz CT molecular complexity index is 984. The van der Waals surface area contributed by atoms with Crippen LogP contribution in [0.25, 0.3) is 11.4 Å². The van der Waals surface area contributed by atoms with Crippen molar-refractivity contribution in [1.29, 1.82) is 0 Å². The minimum Gasteiger partial charge on any atom is -0.345 e. The van der Waals surface area contributed by atoms with Crippen molar-refractivity contribution in [2.75, 3.05) is 4.72 Å². The number of rotatable bonds is 5. The van der Waals surface area contributed by atoms with Crippen molar-refractivity contribution in [1.82, 2.24) is 9.97 Å². The van der Waals surface area contributed by atoms with Gasteiger partial charge in [-0.05, 0) is 18.2 Å². The summed E-state index contributed by atoms with van der Waals surface area (Å²) in [6, 6.07) is 11.5. The highest BCUT2D eigenvalue weighted by atomic mass is 32.2. The summed E-state index contributed by atoms with van der Waals surface area (Å²) < 4.78 is 27.2. The van der Waals surface area contributed by atoms with Crippen molar-refractivity contribution < 1.29 is 13.3 Å². The van der Waals surface area contributed by atoms with E-state index in [-0.39, 0.29) is 10.6 Å². The molecule has 0 spiro atoms. The summed E-state index contributed by atoms with van der Waals surface area (Å²) in [5, 5.41) is 10.8. The molecule has 0 aliphatic rings. The first-order valence-electron chi connectivity index (χ1n) is 6.83. The molecule has 0 saturated carbocycles. The molecule has 0 atom stereocenters. The van der Waals surface area contributed by atoms with E-state index in [1.807, 2.05) is 0 Å². The van der Waals surface area contributed by atoms with Gasteiger partial charge in [-0.3, -0.25) is 14.8 Å². The summed E-state index contributed by atoms with van der Waals surface area (Å²) in [6.45, 7) is 0. The molecular formula is C15H12N4O4S. The van der Waals surface area contributed by atoms with Crippen molar-refractivity contribution in [3.63, 3.8) is 0 Å². The highest BCUT2D eigenvalue weighted by Crippen LogP contribution is 2.23. The molecule has 0 fully saturated rings. The van der Waals surface area contributed by atoms with E-state index in [9.17, 15) is 18.5 Å². The molecule has 3 aromatic rings. The van der Waals surface area contributed by atoms with E-state index in [1.165, 1.54) is 18.2 Å². The highest BCUT2D eigenvalue weighted by molar-refractivity contribution is 7.92. The smallest absolute Gasteiger partial charge is 0.270 e. The van der Waals surface area contributed by atoms with Crippen LogP contribution in [0, 0.1) is 10.1 Å². The van der Waals surface area contributed by atoms with Gasteiger partial charge in [0.25, 0.3) is 15.7 Å². The number of hydrogen-bond acceptors (Lipinski definition) is 5. The number of nitrogens with zero attached hydrogens (tertiary/aromatic N) is 2. The quantitative estimate of drug-likeness (QED) is 0.545. The lowest BCUT2D eigenvalue weighted by molar-refractivity contribution is -0.385. The molecule has 0 saturated heterocycles. The van der Waals surface area contributed by atoms with Crippen LogP contribution in [-0.4, -0.2) is 23.3 Å². The van der Waals surface area contributed by atoms with Gasteiger partial charge in [-0.25, -0.2) is 13.4 Å². The second-order valence-electron chi connectivity index (χ2n) is 4.88. The Labute approximate surface area is 137 Å². The van der Waals surface area contributed by atoms with Gasteiger partial charge in [-0.2, -0.15) is 0 Å². The summed E-state index contributed by atoms with van der Waals surface area (Å²) in [5.74, 6) is 0.603. The van der Waals surface area contributed by atoms with E-state index in [0.29, 0.717) is 17.1 Å². The zero-order chi connectivity index (χ0) is 17.2. The maximum atomic E-state index is 12.4. The fourth-order valence-electron chi connectivity index (χ4n) is 2.13. The van der Waals surface area contributed by atoms with Crippen molar-refractivity contribution in [3.05, 3.63) is 71.0 Å². The molecule has 0 amide bonds. The minimum atomic E-state index is -3.94. The Morgan fingerprint density at radius 3 is 2.62 bits per heavy atom. The predicted molar refractivity (Wildman–Crippen MR) is 87.9 cm³/mol. The number of sulfonamides is 1. The van der Waals surface area contributed by atoms with Gasteiger partial charge in [0, 0.05) is 35.8 Å². The molecule has 122 valence electrons. The summed E-state index contributed by atoms with van der Waals surface area (Å²) in [5.41, 5.74) is 0.747. The van der Waals surface area contributed by atoms with Crippen LogP contribution < -0.4 is 4.72 Å². The monoisotopic (exact) mass is 344 g/mol. The summed E-state index contributed by atoms with van der Waals surface area (Å²) in [4.78, 5) is 17.0. The maximum absolute atomic E-state index is 12.4. The molecular weight excluding hydrogens is 332 g/mol. The van der Waals surface area contributed by atoms with E-state index in [4.69, 9.17) is 0 Å². The van der Waals surface area contributed by atoms with Crippen molar-refractivity contribution in [2.45, 2.75) is 4.90 Å². The zero-order valence-corrected chi connectivity index (χ0v) is 13.0. The molecule has 9 heteroatoms. The van der Waals surface area contributed by atoms with E-state index < -0.39 is 14.9 Å². The van der Waals surface area contributed by atoms with Crippen LogP contribution >= 0.6 is 0 Å². The van der Waals surface area contributed by atoms with E-state index >= 15 is 0 Å². The molecule has 0 radical (unpaired) electrons. The van der Waals surface area contributed by atoms with E-state index in [2.05, 4.69) is 14.7 Å². The molecule has 0 bridgehead atoms. The Hall–Kier alpha value is -3.20. The van der Waals surface area contributed by atoms with Crippen LogP contribution in [0.15, 0.2) is 65.8 Å². The molecule has 1 heterocycles. The third kappa shape index (κ3) is 3.25. The van der Waals surface area contributed by atoms with Gasteiger partial charge >= 0.3 is 0 Å². The number of anilines is 1. The first kappa shape index (κ1) is 15.7. The van der Waals surface area contributed by atoms with Gasteiger partial charge in [0.05, 0.1) is 9.82 Å². The normalized spacial score (nSPS) is 11.2. The number of hydrogen-bond donors (Lipinski definition) is 2. The van der Waals surface area contributed by atoms with Crippen molar-refractivity contribution in [2.24, 2.45) is 0 Å². The topological polar surface area (TPSA) is 118 Å². The average molecular weight is 344 g/mol. The average Bonchev–Trinajstić information content (AvgIpc) is 3.09. The zero-order valence-electron chi connectivity index (χ0n) is 12.2. The molecule has 24 heavy (non-hydrogen) atoms. The number of nitrogens with one attached hydrogen (secondary N) is 2. The molecule has 8 nitrogen and oxygen atoms in total. The van der Waals surface area contributed by atoms with Crippen LogP contribution in [0.2, 0.25) is 0 Å². The van der Waals surface area contributed by atoms with Crippen LogP contribution in [0.1, 0.15) is 0 Å². The number of imidazole rings is 1. The van der Waals surface area contributed by atoms with Gasteiger partial charge < -0.3 is 4.98 Å². The number of benzene rings is 2. The molecule has 0 aliphatic carbocycles. The molecule has 0 aliphatic heterocycles. The number of H-pyrrole nitrogens is 1. The maximum Gasteiger partial charge on any atom is 0.270 e. The standard InChI is InChI=1S/C15H12N4O4S/c20-19(21)13-5-2-6-14(10-13)24(22,23)18-12-4-1-3-11(9-12)15-16-7-8-17-15/h1-10,18H,(H,16,17). The third-order valence-corrected chi connectivity index (χ3v) is 4.60. The Morgan fingerprint density at radius 1 is 1.12 bits per heavy atom. The lowest BCUT2D eigenvalue weighted by Crippen LogP contribution is -2.13. The number of nitro benzene ring substituents is 1. The molecule has 1 aromatic heterocycles. The Morgan fingerprint density at radius 2 is 1.92 bits per heavy atom. The summed E-state index contributed by atoms with van der Waals surface area (Å²) >= 11 is 0. The largest absolute Gasteiger partial charge is 0.345 e. The molecule has 2 N–H and O–H groups in total. The fraction of sp³-hybridized carbons (Fsp3) is 0. The lowest BCUT2D eigenvalue weighted by atomic mass is 10.2. The van der Waals surface area contributed by atoms with Gasteiger partial charge in [0.1, 0.15) is 5.82 Å². The molecule has 2 aromatic carbocycles. The molecule has 3 rings (SSSR count). The lowest BCUT2D eigenvalue weighted by Gasteiger charge is -2.09. The number of non-ortho nitro benzene ring substituents is 1. The van der Waals surface area contributed by atoms with Crippen molar-refractivity contribution in [3.8, 4) is 11.4 Å². The summed E-state index contributed by atoms with van der Waals surface area (Å²) in [6.07, 6.45) is 3.25. The SMILES string of the molecule is O=[N+]([O-])c1cccc(S(=O)(=O)Nc2cccc(-c3ncc[nH]3)c2)c1. The van der Waals surface area contributed by atoms with Crippen LogP contribution in [-0.2, 0) is 10.0 Å². The first-order chi connectivity index (χ1) is 11.5. The van der Waals surface area contributed by atoms with Gasteiger partial charge in [0.2, 0.25) is 0 Å². The van der Waals surface area contributed by atoms with E-state index in [0.717, 1.165) is 6.07 Å². The van der Waals surface area contributed by atoms with Crippen LogP contribution in [0.4, 0.5) is 11.4 Å². The Balaban J connectivity index is 1.91. The predicted octanol–water partition coefficient (Wildman–Crippen LogP) is 2.79. The van der Waals surface area contributed by atoms with Gasteiger partial charge in [-0.15, -0.1) is 0 Å². The fourth-order valence-corrected chi connectivity index (χ4v) is 3.22. The first-order valence-corrected chi connectivity index (χ1v) is 8.31. The van der Waals surface area contributed by atoms with Gasteiger partial charge in [0.15, 0.2) is 0 Å². The highest BCUT2D eigenvalue weighted by Gasteiger charge is 2.18. The second-order valence-corrected chi connectivity index (χ2v) is 6.56.